The molecule has 0 aliphatic carbocycles. The van der Waals surface area contributed by atoms with Crippen LogP contribution in [0.25, 0.3) is 0 Å². The minimum Gasteiger partial charge on any atom is -0.394 e. The van der Waals surface area contributed by atoms with E-state index >= 15 is 0 Å². The third-order valence-electron chi connectivity index (χ3n) is 12.4. The first kappa shape index (κ1) is 55.1. The van der Waals surface area contributed by atoms with Crippen molar-refractivity contribution in [3.8, 4) is 0 Å². The van der Waals surface area contributed by atoms with Gasteiger partial charge in [0.1, 0.15) is 146 Å². The number of rotatable bonds is 16. The molecule has 31 nitrogen and oxygen atoms in total. The Kier molecular flexibility index (Phi) is 19.4. The fourth-order valence-corrected chi connectivity index (χ4v) is 8.29. The molecule has 392 valence electrons. The largest absolute Gasteiger partial charge is 0.394 e. The number of aliphatic hydroxyl groups excluding tert-OH is 20. The van der Waals surface area contributed by atoms with Crippen molar-refractivity contribution < 1.29 is 154 Å². The van der Waals surface area contributed by atoms with E-state index < -0.39 is 224 Å². The van der Waals surface area contributed by atoms with Crippen LogP contribution in [0.1, 0.15) is 0 Å². The molecule has 6 aliphatic heterocycles. The smallest absolute Gasteiger partial charge is 0.187 e. The summed E-state index contributed by atoms with van der Waals surface area (Å²) in [6, 6.07) is 0. The van der Waals surface area contributed by atoms with Gasteiger partial charge in [0.2, 0.25) is 0 Å². The molecule has 31 heteroatoms. The molecule has 6 aliphatic rings. The van der Waals surface area contributed by atoms with Gasteiger partial charge < -0.3 is 154 Å². The molecule has 20 N–H and O–H groups in total. The molecule has 6 saturated heterocycles. The van der Waals surface area contributed by atoms with Crippen LogP contribution in [0, 0.1) is 0 Å². The van der Waals surface area contributed by atoms with E-state index in [4.69, 9.17) is 52.1 Å². The summed E-state index contributed by atoms with van der Waals surface area (Å²) in [4.78, 5) is 0. The van der Waals surface area contributed by atoms with E-state index in [1.54, 1.807) is 0 Å². The zero-order valence-corrected chi connectivity index (χ0v) is 35.0. The van der Waals surface area contributed by atoms with Gasteiger partial charge in [-0.25, -0.2) is 0 Å². The van der Waals surface area contributed by atoms with Gasteiger partial charge in [-0.2, -0.15) is 0 Å². The first-order valence-electron chi connectivity index (χ1n) is 21.1. The van der Waals surface area contributed by atoms with E-state index in [0.29, 0.717) is 0 Å². The molecule has 6 heterocycles. The topological polar surface area (TPSA) is 506 Å². The number of ether oxygens (including phenoxy) is 11. The summed E-state index contributed by atoms with van der Waals surface area (Å²) in [6.45, 7) is -5.31. The van der Waals surface area contributed by atoms with Crippen molar-refractivity contribution in [2.24, 2.45) is 0 Å². The average Bonchev–Trinajstić information content (AvgIpc) is 3.31. The molecule has 2 unspecified atom stereocenters. The maximum absolute atomic E-state index is 11.6. The van der Waals surface area contributed by atoms with E-state index in [0.717, 1.165) is 0 Å². The maximum atomic E-state index is 11.6. The maximum Gasteiger partial charge on any atom is 0.187 e. The van der Waals surface area contributed by atoms with Crippen molar-refractivity contribution in [2.75, 3.05) is 39.6 Å². The van der Waals surface area contributed by atoms with Crippen LogP contribution in [-0.4, -0.2) is 326 Å². The van der Waals surface area contributed by atoms with Crippen molar-refractivity contribution >= 4 is 0 Å². The molecular weight excluding hydrogens is 928 g/mol. The van der Waals surface area contributed by atoms with Gasteiger partial charge in [-0.1, -0.05) is 0 Å². The Bertz CT molecular complexity index is 1500. The second-order valence-corrected chi connectivity index (χ2v) is 16.8. The number of hydrogen-bond donors (Lipinski definition) is 20. The summed E-state index contributed by atoms with van der Waals surface area (Å²) in [5.41, 5.74) is 0. The lowest BCUT2D eigenvalue weighted by Gasteiger charge is -2.49. The Morgan fingerprint density at radius 3 is 0.896 bits per heavy atom. The highest BCUT2D eigenvalue weighted by atomic mass is 16.8. The van der Waals surface area contributed by atoms with Crippen LogP contribution in [0.5, 0.6) is 0 Å². The molecule has 0 spiro atoms. The normalized spacial score (nSPS) is 53.4. The van der Waals surface area contributed by atoms with Gasteiger partial charge in [-0.3, -0.25) is 0 Å². The van der Waals surface area contributed by atoms with Crippen molar-refractivity contribution in [2.45, 2.75) is 184 Å². The molecule has 0 aromatic heterocycles. The molecule has 0 saturated carbocycles. The van der Waals surface area contributed by atoms with Gasteiger partial charge >= 0.3 is 0 Å². The van der Waals surface area contributed by atoms with Crippen molar-refractivity contribution in [1.82, 2.24) is 0 Å². The van der Waals surface area contributed by atoms with Crippen LogP contribution < -0.4 is 0 Å². The van der Waals surface area contributed by atoms with Crippen molar-refractivity contribution in [3.63, 3.8) is 0 Å². The standard InChI is InChI=1S/C36H62O31/c37-1-7-13(41)19(47)22(50)32(60-7)57-5-11-17(45)28(25(53)31(56)59-11)65-35-26(54)29(16(44)10(4-40)63-35)67-36-27(55)30(66-34-24(52)21(49)15(43)9(3-39)62-34)18(46)12(64-36)6-58-33-23(51)20(48)14(42)8(2-38)61-33/h7-56H,1-6H2/t7-,8-,9-,10-,11-,12-,13-,14-,15-,16-,17-,18-,19+,20+,21+,22-,23-,24-,25-,26-,27-,28+,29+,30+,31?,32?,33-,34+,35+,36-/m1/s1. The Labute approximate surface area is 378 Å². The lowest BCUT2D eigenvalue weighted by Crippen LogP contribution is -2.68. The minimum atomic E-state index is -2.27. The van der Waals surface area contributed by atoms with Crippen LogP contribution in [0.3, 0.4) is 0 Å². The molecule has 0 amide bonds. The molecule has 30 atom stereocenters. The van der Waals surface area contributed by atoms with Crippen LogP contribution in [0.4, 0.5) is 0 Å². The van der Waals surface area contributed by atoms with Crippen LogP contribution in [0.15, 0.2) is 0 Å². The highest BCUT2D eigenvalue weighted by Gasteiger charge is 2.56. The third kappa shape index (κ3) is 11.5. The number of aliphatic hydroxyl groups is 20. The molecular formula is C36H62O31. The van der Waals surface area contributed by atoms with E-state index in [-0.39, 0.29) is 0 Å². The molecule has 6 rings (SSSR count). The zero-order chi connectivity index (χ0) is 49.3. The monoisotopic (exact) mass is 990 g/mol. The third-order valence-corrected chi connectivity index (χ3v) is 12.4. The number of hydrogen-bond acceptors (Lipinski definition) is 31. The van der Waals surface area contributed by atoms with Crippen molar-refractivity contribution in [3.05, 3.63) is 0 Å². The van der Waals surface area contributed by atoms with Crippen LogP contribution in [-0.2, 0) is 52.1 Å². The predicted octanol–water partition coefficient (Wildman–Crippen LogP) is -14.1. The molecule has 0 radical (unpaired) electrons. The molecule has 0 aromatic carbocycles. The molecule has 0 bridgehead atoms. The predicted molar refractivity (Wildman–Crippen MR) is 199 cm³/mol. The van der Waals surface area contributed by atoms with Gasteiger partial charge in [-0.15, -0.1) is 0 Å². The Balaban J connectivity index is 1.20. The summed E-state index contributed by atoms with van der Waals surface area (Å²) < 4.78 is 60.5. The van der Waals surface area contributed by atoms with Crippen LogP contribution >= 0.6 is 0 Å². The first-order valence-corrected chi connectivity index (χ1v) is 21.1. The Morgan fingerprint density at radius 1 is 0.254 bits per heavy atom. The van der Waals surface area contributed by atoms with E-state index in [9.17, 15) is 102 Å². The first-order chi connectivity index (χ1) is 31.7. The quantitative estimate of drug-likeness (QED) is 0.0683. The van der Waals surface area contributed by atoms with Gasteiger partial charge in [-0.05, 0) is 0 Å². The lowest BCUT2D eigenvalue weighted by atomic mass is 9.95. The van der Waals surface area contributed by atoms with E-state index in [1.165, 1.54) is 0 Å². The van der Waals surface area contributed by atoms with Gasteiger partial charge in [0, 0.05) is 0 Å². The molecule has 6 fully saturated rings. The van der Waals surface area contributed by atoms with Crippen molar-refractivity contribution in [1.29, 1.82) is 0 Å². The summed E-state index contributed by atoms with van der Waals surface area (Å²) in [6.07, 6.45) is -57.8. The average molecular weight is 991 g/mol. The second kappa shape index (κ2) is 23.5. The summed E-state index contributed by atoms with van der Waals surface area (Å²) in [7, 11) is 0. The molecule has 0 aromatic rings. The second-order valence-electron chi connectivity index (χ2n) is 16.8. The highest BCUT2D eigenvalue weighted by molar-refractivity contribution is 4.99. The fourth-order valence-electron chi connectivity index (χ4n) is 8.29. The minimum absolute atomic E-state index is 0.790. The zero-order valence-electron chi connectivity index (χ0n) is 35.0. The lowest BCUT2D eigenvalue weighted by molar-refractivity contribution is -0.393. The summed E-state index contributed by atoms with van der Waals surface area (Å²) in [5, 5.41) is 210. The van der Waals surface area contributed by atoms with Gasteiger partial charge in [0.05, 0.1) is 39.6 Å². The fraction of sp³-hybridized carbons (Fsp3) is 1.00. The Morgan fingerprint density at radius 2 is 0.522 bits per heavy atom. The van der Waals surface area contributed by atoms with Gasteiger partial charge in [0.25, 0.3) is 0 Å². The van der Waals surface area contributed by atoms with E-state index in [2.05, 4.69) is 0 Å². The molecule has 67 heavy (non-hydrogen) atoms. The highest BCUT2D eigenvalue weighted by Crippen LogP contribution is 2.35. The SMILES string of the molecule is OC[C@H]1O[C@@H](OC[C@H]2O[C@H](O[C@@H]3[C@@H](O)[C@H](O[C@H]4[C@H](O)[C@@H](COC5O[C@H](CO)[C@@H](O)[C@H](O)[C@H]5O)OC(O)[C@@H]4O)O[C@H](CO)[C@H]3O)[C@H](O)[C@@H](O[C@@H]3O[C@H](CO)[C@@H](O)[C@H](O)[C@H]3O)[C@@H]2O)[C@H](O)[C@@H](O)[C@@H]1O. The van der Waals surface area contributed by atoms with E-state index in [1.807, 2.05) is 0 Å². The van der Waals surface area contributed by atoms with Gasteiger partial charge in [0.15, 0.2) is 37.7 Å². The Hall–Kier alpha value is -1.24. The summed E-state index contributed by atoms with van der Waals surface area (Å²) >= 11 is 0. The van der Waals surface area contributed by atoms with Crippen LogP contribution in [0.2, 0.25) is 0 Å². The summed E-state index contributed by atoms with van der Waals surface area (Å²) in [5.74, 6) is 0.